The topological polar surface area (TPSA) is 105 Å². The molecule has 0 aliphatic carbocycles. The molecule has 2 N–H and O–H groups in total. The summed E-state index contributed by atoms with van der Waals surface area (Å²) in [4.78, 5) is 32.3. The molecule has 2 rings (SSSR count). The predicted octanol–water partition coefficient (Wildman–Crippen LogP) is 0.443. The summed E-state index contributed by atoms with van der Waals surface area (Å²) in [6, 6.07) is 0. The monoisotopic (exact) mass is 221 g/mol. The third kappa shape index (κ3) is 1.48. The highest BCUT2D eigenvalue weighted by Crippen LogP contribution is 2.15. The Kier molecular flexibility index (Phi) is 2.28. The van der Waals surface area contributed by atoms with Crippen LogP contribution in [0.4, 0.5) is 0 Å². The number of fused-ring (bicyclic) bond motifs is 1. The lowest BCUT2D eigenvalue weighted by atomic mass is 10.3. The Hall–Kier alpha value is -2.44. The molecule has 16 heavy (non-hydrogen) atoms. The second kappa shape index (κ2) is 3.61. The lowest BCUT2D eigenvalue weighted by Crippen LogP contribution is -2.04. The summed E-state index contributed by atoms with van der Waals surface area (Å²) in [5.41, 5.74) is 0.461. The molecule has 0 radical (unpaired) electrons. The van der Waals surface area contributed by atoms with Gasteiger partial charge in [0.15, 0.2) is 11.3 Å². The number of ether oxygens (including phenoxy) is 1. The number of aromatic carboxylic acids is 1. The number of methoxy groups -OCH3 is 1. The normalized spacial score (nSPS) is 10.3. The third-order valence-electron chi connectivity index (χ3n) is 2.01. The summed E-state index contributed by atoms with van der Waals surface area (Å²) in [6.07, 6.45) is 2.49. The predicted molar refractivity (Wildman–Crippen MR) is 52.2 cm³/mol. The lowest BCUT2D eigenvalue weighted by molar-refractivity contribution is 0.0601. The molecule has 0 bridgehead atoms. The van der Waals surface area contributed by atoms with Gasteiger partial charge in [-0.1, -0.05) is 0 Å². The standard InChI is InChI=1S/C9H7N3O4/c1-16-9(15)4-2-10-7-6(4)12-5(3-11-7)8(13)14/h2-3H,1H3,(H,10,11)(H,13,14). The van der Waals surface area contributed by atoms with Crippen LogP contribution in [0.15, 0.2) is 12.4 Å². The van der Waals surface area contributed by atoms with Crippen LogP contribution in [0, 0.1) is 0 Å². The zero-order chi connectivity index (χ0) is 11.7. The number of carboxylic acid groups (broad SMARTS) is 1. The van der Waals surface area contributed by atoms with Crippen molar-refractivity contribution in [2.75, 3.05) is 7.11 Å². The third-order valence-corrected chi connectivity index (χ3v) is 2.01. The van der Waals surface area contributed by atoms with Crippen molar-refractivity contribution in [3.63, 3.8) is 0 Å². The van der Waals surface area contributed by atoms with Crippen molar-refractivity contribution in [2.45, 2.75) is 0 Å². The van der Waals surface area contributed by atoms with Gasteiger partial charge >= 0.3 is 11.9 Å². The first kappa shape index (κ1) is 10.1. The summed E-state index contributed by atoms with van der Waals surface area (Å²) in [5, 5.41) is 8.74. The first-order valence-electron chi connectivity index (χ1n) is 4.29. The summed E-state index contributed by atoms with van der Waals surface area (Å²) in [7, 11) is 1.23. The highest BCUT2D eigenvalue weighted by atomic mass is 16.5. The molecule has 0 aliphatic rings. The molecule has 2 aromatic rings. The zero-order valence-corrected chi connectivity index (χ0v) is 8.22. The fourth-order valence-electron chi connectivity index (χ4n) is 1.26. The number of aromatic nitrogens is 3. The van der Waals surface area contributed by atoms with Crippen LogP contribution < -0.4 is 0 Å². The quantitative estimate of drug-likeness (QED) is 0.713. The van der Waals surface area contributed by atoms with Gasteiger partial charge in [-0.15, -0.1) is 0 Å². The molecule has 82 valence electrons. The molecule has 0 atom stereocenters. The van der Waals surface area contributed by atoms with E-state index in [0.717, 1.165) is 6.20 Å². The Morgan fingerprint density at radius 3 is 2.88 bits per heavy atom. The highest BCUT2D eigenvalue weighted by molar-refractivity contribution is 6.02. The first-order valence-corrected chi connectivity index (χ1v) is 4.29. The van der Waals surface area contributed by atoms with E-state index >= 15 is 0 Å². The van der Waals surface area contributed by atoms with E-state index in [4.69, 9.17) is 5.11 Å². The van der Waals surface area contributed by atoms with Gasteiger partial charge in [-0.25, -0.2) is 19.6 Å². The van der Waals surface area contributed by atoms with Crippen LogP contribution in [0.25, 0.3) is 11.2 Å². The number of nitrogens with one attached hydrogen (secondary N) is 1. The van der Waals surface area contributed by atoms with Crippen molar-refractivity contribution in [1.82, 2.24) is 15.0 Å². The lowest BCUT2D eigenvalue weighted by Gasteiger charge is -1.96. The zero-order valence-electron chi connectivity index (χ0n) is 8.22. The SMILES string of the molecule is COC(=O)c1c[nH]c2ncc(C(=O)O)nc12. The average Bonchev–Trinajstić information content (AvgIpc) is 2.70. The Morgan fingerprint density at radius 2 is 2.25 bits per heavy atom. The molecule has 0 amide bonds. The summed E-state index contributed by atoms with van der Waals surface area (Å²) in [6.45, 7) is 0. The average molecular weight is 221 g/mol. The Labute approximate surface area is 89.1 Å². The Bertz CT molecular complexity index is 575. The van der Waals surface area contributed by atoms with Gasteiger partial charge in [0.1, 0.15) is 11.1 Å². The smallest absolute Gasteiger partial charge is 0.356 e. The molecule has 7 heteroatoms. The van der Waals surface area contributed by atoms with Crippen molar-refractivity contribution in [1.29, 1.82) is 0 Å². The molecule has 0 saturated carbocycles. The molecule has 2 heterocycles. The van der Waals surface area contributed by atoms with E-state index in [0.29, 0.717) is 5.65 Å². The van der Waals surface area contributed by atoms with Crippen molar-refractivity contribution in [3.8, 4) is 0 Å². The van der Waals surface area contributed by atoms with Crippen LogP contribution >= 0.6 is 0 Å². The van der Waals surface area contributed by atoms with Gasteiger partial charge in [0.2, 0.25) is 0 Å². The van der Waals surface area contributed by atoms with Gasteiger partial charge in [0.05, 0.1) is 13.3 Å². The molecule has 0 unspecified atom stereocenters. The molecule has 7 nitrogen and oxygen atoms in total. The minimum Gasteiger partial charge on any atom is -0.476 e. The number of carbonyl (C=O) groups is 2. The van der Waals surface area contributed by atoms with Gasteiger partial charge in [-0.2, -0.15) is 0 Å². The van der Waals surface area contributed by atoms with Gasteiger partial charge in [0.25, 0.3) is 0 Å². The molecule has 0 fully saturated rings. The maximum atomic E-state index is 11.3. The molecule has 0 spiro atoms. The van der Waals surface area contributed by atoms with Crippen molar-refractivity contribution in [2.24, 2.45) is 0 Å². The molecule has 0 aromatic carbocycles. The number of rotatable bonds is 2. The molecular formula is C9H7N3O4. The largest absolute Gasteiger partial charge is 0.476 e. The summed E-state index contributed by atoms with van der Waals surface area (Å²) >= 11 is 0. The van der Waals surface area contributed by atoms with Crippen LogP contribution in [0.3, 0.4) is 0 Å². The fraction of sp³-hybridized carbons (Fsp3) is 0.111. The molecule has 0 aliphatic heterocycles. The van der Waals surface area contributed by atoms with E-state index in [1.807, 2.05) is 0 Å². The molecular weight excluding hydrogens is 214 g/mol. The van der Waals surface area contributed by atoms with E-state index < -0.39 is 11.9 Å². The van der Waals surface area contributed by atoms with Crippen LogP contribution in [-0.4, -0.2) is 39.1 Å². The maximum Gasteiger partial charge on any atom is 0.356 e. The van der Waals surface area contributed by atoms with E-state index in [-0.39, 0.29) is 16.8 Å². The van der Waals surface area contributed by atoms with Crippen LogP contribution in [0.1, 0.15) is 20.8 Å². The first-order chi connectivity index (χ1) is 7.63. The number of hydrogen-bond acceptors (Lipinski definition) is 5. The van der Waals surface area contributed by atoms with Crippen LogP contribution in [0.2, 0.25) is 0 Å². The molecule has 2 aromatic heterocycles. The van der Waals surface area contributed by atoms with E-state index in [1.54, 1.807) is 0 Å². The van der Waals surface area contributed by atoms with Crippen molar-refractivity contribution in [3.05, 3.63) is 23.7 Å². The second-order valence-electron chi connectivity index (χ2n) is 2.95. The number of aromatic amines is 1. The van der Waals surface area contributed by atoms with E-state index in [2.05, 4.69) is 19.7 Å². The number of carbonyl (C=O) groups excluding carboxylic acids is 1. The highest BCUT2D eigenvalue weighted by Gasteiger charge is 2.16. The number of carboxylic acids is 1. The van der Waals surface area contributed by atoms with Crippen molar-refractivity contribution >= 4 is 23.1 Å². The van der Waals surface area contributed by atoms with Gasteiger partial charge in [0, 0.05) is 6.20 Å². The van der Waals surface area contributed by atoms with Crippen molar-refractivity contribution < 1.29 is 19.4 Å². The van der Waals surface area contributed by atoms with Crippen LogP contribution in [0.5, 0.6) is 0 Å². The van der Waals surface area contributed by atoms with E-state index in [9.17, 15) is 9.59 Å². The number of hydrogen-bond donors (Lipinski definition) is 2. The number of H-pyrrole nitrogens is 1. The second-order valence-corrected chi connectivity index (χ2v) is 2.95. The van der Waals surface area contributed by atoms with Gasteiger partial charge in [-0.05, 0) is 0 Å². The molecule has 0 saturated heterocycles. The van der Waals surface area contributed by atoms with Gasteiger partial charge < -0.3 is 14.8 Å². The maximum absolute atomic E-state index is 11.3. The van der Waals surface area contributed by atoms with Gasteiger partial charge in [-0.3, -0.25) is 0 Å². The fourth-order valence-corrected chi connectivity index (χ4v) is 1.26. The Morgan fingerprint density at radius 1 is 1.50 bits per heavy atom. The number of esters is 1. The number of nitrogens with zero attached hydrogens (tertiary/aromatic N) is 2. The minimum absolute atomic E-state index is 0.160. The summed E-state index contributed by atoms with van der Waals surface area (Å²) in [5.74, 6) is -1.80. The minimum atomic E-state index is -1.20. The summed E-state index contributed by atoms with van der Waals surface area (Å²) < 4.78 is 4.53. The van der Waals surface area contributed by atoms with E-state index in [1.165, 1.54) is 13.3 Å². The van der Waals surface area contributed by atoms with Crippen LogP contribution in [-0.2, 0) is 4.74 Å². The Balaban J connectivity index is 2.64.